The maximum absolute atomic E-state index is 3.34. The van der Waals surface area contributed by atoms with Crippen LogP contribution >= 0.6 is 56.3 Å². The SMILES string of the molecule is CCCC(C)CC1=CCCP1(P)(P)P(P)PP. The normalized spacial score (nSPS) is 28.6. The third kappa shape index (κ3) is 4.12. The van der Waals surface area contributed by atoms with Gasteiger partial charge in [0.25, 0.3) is 0 Å². The second kappa shape index (κ2) is 7.15. The predicted molar refractivity (Wildman–Crippen MR) is 107 cm³/mol. The van der Waals surface area contributed by atoms with Crippen molar-refractivity contribution in [2.24, 2.45) is 5.92 Å². The summed E-state index contributed by atoms with van der Waals surface area (Å²) >= 11 is 0. The first-order chi connectivity index (χ1) is 7.84. The number of hydrogen-bond acceptors (Lipinski definition) is 0. The molecule has 0 aliphatic carbocycles. The van der Waals surface area contributed by atoms with E-state index in [1.54, 1.807) is 0 Å². The van der Waals surface area contributed by atoms with Gasteiger partial charge < -0.3 is 0 Å². The third-order valence-electron chi connectivity index (χ3n) is 3.62. The molecule has 0 bridgehead atoms. The molecule has 0 N–H and O–H groups in total. The summed E-state index contributed by atoms with van der Waals surface area (Å²) < 4.78 is 0. The number of rotatable bonds is 6. The van der Waals surface area contributed by atoms with Gasteiger partial charge in [-0.3, -0.25) is 0 Å². The van der Waals surface area contributed by atoms with Gasteiger partial charge in [-0.25, -0.2) is 0 Å². The Labute approximate surface area is 119 Å². The molecule has 7 unspecified atom stereocenters. The van der Waals surface area contributed by atoms with Crippen molar-refractivity contribution in [3.8, 4) is 0 Å². The van der Waals surface area contributed by atoms with Crippen molar-refractivity contribution >= 4 is 56.3 Å². The van der Waals surface area contributed by atoms with Gasteiger partial charge in [-0.05, 0) is 0 Å². The van der Waals surface area contributed by atoms with E-state index in [0.717, 1.165) is 13.9 Å². The minimum absolute atomic E-state index is 0.0728. The third-order valence-corrected chi connectivity index (χ3v) is 48.7. The summed E-state index contributed by atoms with van der Waals surface area (Å²) in [6.45, 7) is 4.79. The van der Waals surface area contributed by atoms with Gasteiger partial charge >= 0.3 is 119 Å². The zero-order valence-corrected chi connectivity index (χ0v) is 18.3. The van der Waals surface area contributed by atoms with Gasteiger partial charge in [0.2, 0.25) is 0 Å². The van der Waals surface area contributed by atoms with E-state index in [4.69, 9.17) is 0 Å². The van der Waals surface area contributed by atoms with Crippen LogP contribution in [0.25, 0.3) is 0 Å². The van der Waals surface area contributed by atoms with E-state index in [-0.39, 0.29) is 6.99 Å². The molecule has 1 rings (SSSR count). The molecule has 0 radical (unpaired) electrons. The minimum atomic E-state index is -1.68. The van der Waals surface area contributed by atoms with Gasteiger partial charge in [0.15, 0.2) is 0 Å². The predicted octanol–water partition coefficient (Wildman–Crippen LogP) is 6.80. The van der Waals surface area contributed by atoms with Crippen LogP contribution < -0.4 is 0 Å². The molecule has 1 aliphatic rings. The molecule has 1 aliphatic heterocycles. The Kier molecular flexibility index (Phi) is 7.48. The van der Waals surface area contributed by atoms with Crippen molar-refractivity contribution in [1.29, 1.82) is 0 Å². The van der Waals surface area contributed by atoms with Gasteiger partial charge in [-0.2, -0.15) is 0 Å². The van der Waals surface area contributed by atoms with Gasteiger partial charge in [-0.1, -0.05) is 0 Å². The molecular formula is C10H27P7. The van der Waals surface area contributed by atoms with Crippen LogP contribution in [0.5, 0.6) is 0 Å². The summed E-state index contributed by atoms with van der Waals surface area (Å²) in [5.74, 6) is 0.855. The molecule has 0 aromatic carbocycles. The Hall–Kier alpha value is 2.75. The van der Waals surface area contributed by atoms with Crippen LogP contribution in [0.15, 0.2) is 11.4 Å². The molecular weight excluding hydrogens is 337 g/mol. The zero-order valence-electron chi connectivity index (χ0n) is 10.9. The van der Waals surface area contributed by atoms with Crippen LogP contribution in [-0.4, -0.2) is 6.16 Å². The molecule has 7 atom stereocenters. The van der Waals surface area contributed by atoms with Crippen molar-refractivity contribution in [2.45, 2.75) is 39.5 Å². The van der Waals surface area contributed by atoms with Gasteiger partial charge in [0, 0.05) is 0 Å². The molecule has 0 spiro atoms. The number of hydrogen-bond donors (Lipinski definition) is 0. The Morgan fingerprint density at radius 1 is 1.53 bits per heavy atom. The zero-order chi connectivity index (χ0) is 13.1. The molecule has 0 aromatic heterocycles. The molecule has 7 heteroatoms. The first-order valence-corrected chi connectivity index (χ1v) is 19.2. The number of allylic oxidation sites excluding steroid dienone is 2. The summed E-state index contributed by atoms with van der Waals surface area (Å²) in [4.78, 5) is 0. The molecule has 0 nitrogen and oxygen atoms in total. The fourth-order valence-corrected chi connectivity index (χ4v) is 35.8. The summed E-state index contributed by atoms with van der Waals surface area (Å²) in [5.41, 5.74) is -1.68. The molecule has 1 heterocycles. The van der Waals surface area contributed by atoms with Crippen molar-refractivity contribution in [3.05, 3.63) is 11.4 Å². The Morgan fingerprint density at radius 3 is 2.71 bits per heavy atom. The van der Waals surface area contributed by atoms with Crippen molar-refractivity contribution in [2.75, 3.05) is 6.16 Å². The van der Waals surface area contributed by atoms with E-state index in [0.29, 0.717) is 0 Å². The van der Waals surface area contributed by atoms with Crippen molar-refractivity contribution < 1.29 is 0 Å². The van der Waals surface area contributed by atoms with Crippen LogP contribution in [0, 0.1) is 5.92 Å². The van der Waals surface area contributed by atoms with Crippen LogP contribution in [0.1, 0.15) is 39.5 Å². The van der Waals surface area contributed by atoms with E-state index >= 15 is 0 Å². The van der Waals surface area contributed by atoms with E-state index in [9.17, 15) is 0 Å². The monoisotopic (exact) mass is 364 g/mol. The molecule has 17 heavy (non-hydrogen) atoms. The molecule has 0 saturated heterocycles. The van der Waals surface area contributed by atoms with Crippen molar-refractivity contribution in [3.63, 3.8) is 0 Å². The average molecular weight is 364 g/mol. The van der Waals surface area contributed by atoms with Crippen LogP contribution in [-0.2, 0) is 0 Å². The molecule has 0 aromatic rings. The summed E-state index contributed by atoms with van der Waals surface area (Å²) in [6, 6.07) is 0. The summed E-state index contributed by atoms with van der Waals surface area (Å²) in [5, 5.41) is 1.81. The first kappa shape index (κ1) is 17.8. The Morgan fingerprint density at radius 2 is 2.18 bits per heavy atom. The van der Waals surface area contributed by atoms with E-state index in [2.05, 4.69) is 55.6 Å². The topological polar surface area (TPSA) is 0 Å². The maximum atomic E-state index is 3.34. The summed E-state index contributed by atoms with van der Waals surface area (Å²) in [6.07, 6.45) is 9.30. The standard InChI is InChI=1S/C10H27P7/c1-3-5-9(2)8-10-6-4-7-17(10,13,14)16(12)15-11/h6,9,15H,3-5,7-8,11-14H2,1-2H3. The molecule has 0 saturated carbocycles. The van der Waals surface area contributed by atoms with Crippen LogP contribution in [0.3, 0.4) is 0 Å². The van der Waals surface area contributed by atoms with Crippen molar-refractivity contribution in [1.82, 2.24) is 0 Å². The van der Waals surface area contributed by atoms with E-state index in [1.165, 1.54) is 31.8 Å². The Bertz CT molecular complexity index is 299. The molecule has 0 fully saturated rings. The van der Waals surface area contributed by atoms with Gasteiger partial charge in [-0.15, -0.1) is 0 Å². The first-order valence-electron chi connectivity index (χ1n) is 6.18. The fourth-order valence-electron chi connectivity index (χ4n) is 2.49. The van der Waals surface area contributed by atoms with E-state index in [1.807, 2.05) is 5.31 Å². The van der Waals surface area contributed by atoms with Crippen LogP contribution in [0.2, 0.25) is 0 Å². The van der Waals surface area contributed by atoms with E-state index < -0.39 is 5.67 Å². The second-order valence-corrected chi connectivity index (χ2v) is 35.6. The van der Waals surface area contributed by atoms with Gasteiger partial charge in [0.1, 0.15) is 0 Å². The van der Waals surface area contributed by atoms with Crippen LogP contribution in [0.4, 0.5) is 0 Å². The molecule has 0 amide bonds. The average Bonchev–Trinajstić information content (AvgIpc) is 2.56. The quantitative estimate of drug-likeness (QED) is 0.455. The Balaban J connectivity index is 2.84. The van der Waals surface area contributed by atoms with Gasteiger partial charge in [0.05, 0.1) is 0 Å². The summed E-state index contributed by atoms with van der Waals surface area (Å²) in [7, 11) is 13.9. The molecule has 102 valence electrons. The second-order valence-electron chi connectivity index (χ2n) is 5.18. The fraction of sp³-hybridized carbons (Fsp3) is 0.800.